The van der Waals surface area contributed by atoms with Crippen LogP contribution >= 0.6 is 0 Å². The Morgan fingerprint density at radius 1 is 1.28 bits per heavy atom. The highest BCUT2D eigenvalue weighted by molar-refractivity contribution is 5.38. The number of nitrogens with zero attached hydrogens (tertiary/aromatic N) is 1. The van der Waals surface area contributed by atoms with E-state index in [-0.39, 0.29) is 0 Å². The molecule has 0 aliphatic carbocycles. The van der Waals surface area contributed by atoms with Gasteiger partial charge in [-0.3, -0.25) is 4.90 Å². The number of hydrogen-bond acceptors (Lipinski definition) is 3. The van der Waals surface area contributed by atoms with E-state index in [2.05, 4.69) is 50.9 Å². The second-order valence-corrected chi connectivity index (χ2v) is 5.23. The largest absolute Gasteiger partial charge is 0.496 e. The molecule has 0 bridgehead atoms. The molecular weight excluding hydrogens is 224 g/mol. The highest BCUT2D eigenvalue weighted by atomic mass is 16.5. The lowest BCUT2D eigenvalue weighted by Crippen LogP contribution is -2.34. The number of methoxy groups -OCH3 is 1. The van der Waals surface area contributed by atoms with Gasteiger partial charge in [-0.25, -0.2) is 0 Å². The van der Waals surface area contributed by atoms with E-state index in [0.29, 0.717) is 18.5 Å². The minimum Gasteiger partial charge on any atom is -0.496 e. The maximum absolute atomic E-state index is 5.69. The van der Waals surface area contributed by atoms with Crippen LogP contribution in [0.5, 0.6) is 5.75 Å². The SMILES string of the molecule is COc1cc(C(C)C)ccc1CN(C)C(C)CN. The number of rotatable bonds is 6. The third-order valence-electron chi connectivity index (χ3n) is 3.49. The maximum Gasteiger partial charge on any atom is 0.123 e. The zero-order chi connectivity index (χ0) is 13.7. The van der Waals surface area contributed by atoms with Crippen molar-refractivity contribution in [2.45, 2.75) is 39.3 Å². The molecule has 1 aromatic carbocycles. The lowest BCUT2D eigenvalue weighted by molar-refractivity contribution is 0.250. The quantitative estimate of drug-likeness (QED) is 0.843. The first-order chi connectivity index (χ1) is 8.49. The van der Waals surface area contributed by atoms with E-state index in [0.717, 1.165) is 12.3 Å². The van der Waals surface area contributed by atoms with Crippen molar-refractivity contribution in [1.29, 1.82) is 0 Å². The molecule has 3 heteroatoms. The van der Waals surface area contributed by atoms with E-state index >= 15 is 0 Å². The van der Waals surface area contributed by atoms with Crippen molar-refractivity contribution in [2.24, 2.45) is 5.73 Å². The standard InChI is InChI=1S/C15H26N2O/c1-11(2)13-6-7-14(15(8-13)18-5)10-17(4)12(3)9-16/h6-8,11-12H,9-10,16H2,1-5H3. The van der Waals surface area contributed by atoms with Gasteiger partial charge in [0.1, 0.15) is 5.75 Å². The lowest BCUT2D eigenvalue weighted by Gasteiger charge is -2.24. The van der Waals surface area contributed by atoms with E-state index in [1.165, 1.54) is 11.1 Å². The van der Waals surface area contributed by atoms with Crippen molar-refractivity contribution < 1.29 is 4.74 Å². The van der Waals surface area contributed by atoms with Crippen LogP contribution in [0.25, 0.3) is 0 Å². The van der Waals surface area contributed by atoms with Crippen LogP contribution in [0, 0.1) is 0 Å². The average molecular weight is 250 g/mol. The molecule has 18 heavy (non-hydrogen) atoms. The Kier molecular flexibility index (Phi) is 5.63. The average Bonchev–Trinajstić information content (AvgIpc) is 2.37. The zero-order valence-corrected chi connectivity index (χ0v) is 12.2. The fraction of sp³-hybridized carbons (Fsp3) is 0.600. The van der Waals surface area contributed by atoms with Gasteiger partial charge in [-0.1, -0.05) is 26.0 Å². The second kappa shape index (κ2) is 6.76. The first-order valence-corrected chi connectivity index (χ1v) is 6.56. The summed E-state index contributed by atoms with van der Waals surface area (Å²) >= 11 is 0. The van der Waals surface area contributed by atoms with E-state index in [9.17, 15) is 0 Å². The van der Waals surface area contributed by atoms with Gasteiger partial charge < -0.3 is 10.5 Å². The molecule has 0 aromatic heterocycles. The summed E-state index contributed by atoms with van der Waals surface area (Å²) < 4.78 is 5.49. The first kappa shape index (κ1) is 15.0. The van der Waals surface area contributed by atoms with Crippen LogP contribution in [0.2, 0.25) is 0 Å². The van der Waals surface area contributed by atoms with Crippen LogP contribution in [-0.2, 0) is 6.54 Å². The van der Waals surface area contributed by atoms with Crippen molar-refractivity contribution in [3.8, 4) is 5.75 Å². The van der Waals surface area contributed by atoms with E-state index in [4.69, 9.17) is 10.5 Å². The Labute approximate surface area is 111 Å². The van der Waals surface area contributed by atoms with Gasteiger partial charge in [0, 0.05) is 24.7 Å². The molecule has 2 N–H and O–H groups in total. The molecule has 1 rings (SSSR count). The summed E-state index contributed by atoms with van der Waals surface area (Å²) in [5.74, 6) is 1.49. The van der Waals surface area contributed by atoms with Gasteiger partial charge >= 0.3 is 0 Å². The summed E-state index contributed by atoms with van der Waals surface area (Å²) in [6, 6.07) is 6.86. The fourth-order valence-corrected chi connectivity index (χ4v) is 1.86. The maximum atomic E-state index is 5.69. The summed E-state index contributed by atoms with van der Waals surface area (Å²) in [4.78, 5) is 2.24. The van der Waals surface area contributed by atoms with Crippen LogP contribution in [-0.4, -0.2) is 31.6 Å². The number of likely N-dealkylation sites (N-methyl/N-ethyl adjacent to an activating group) is 1. The molecule has 102 valence electrons. The monoisotopic (exact) mass is 250 g/mol. The van der Waals surface area contributed by atoms with Gasteiger partial charge in [-0.05, 0) is 31.5 Å². The van der Waals surface area contributed by atoms with Crippen molar-refractivity contribution >= 4 is 0 Å². The number of hydrogen-bond donors (Lipinski definition) is 1. The van der Waals surface area contributed by atoms with Crippen molar-refractivity contribution in [3.63, 3.8) is 0 Å². The van der Waals surface area contributed by atoms with Crippen LogP contribution < -0.4 is 10.5 Å². The van der Waals surface area contributed by atoms with Gasteiger partial charge in [0.25, 0.3) is 0 Å². The molecule has 0 aliphatic heterocycles. The van der Waals surface area contributed by atoms with Gasteiger partial charge in [0.05, 0.1) is 7.11 Å². The molecule has 0 heterocycles. The van der Waals surface area contributed by atoms with E-state index in [1.54, 1.807) is 7.11 Å². The molecule has 0 radical (unpaired) electrons. The topological polar surface area (TPSA) is 38.5 Å². The molecular formula is C15H26N2O. The number of nitrogens with two attached hydrogens (primary N) is 1. The summed E-state index contributed by atoms with van der Waals surface area (Å²) in [6.07, 6.45) is 0. The molecule has 1 unspecified atom stereocenters. The summed E-state index contributed by atoms with van der Waals surface area (Å²) in [6.45, 7) is 8.05. The van der Waals surface area contributed by atoms with E-state index in [1.807, 2.05) is 0 Å². The summed E-state index contributed by atoms with van der Waals surface area (Å²) in [7, 11) is 3.82. The number of ether oxygens (including phenoxy) is 1. The Morgan fingerprint density at radius 2 is 1.94 bits per heavy atom. The normalized spacial score (nSPS) is 13.1. The number of benzene rings is 1. The molecule has 0 amide bonds. The van der Waals surface area contributed by atoms with Crippen LogP contribution in [0.4, 0.5) is 0 Å². The van der Waals surface area contributed by atoms with Crippen molar-refractivity contribution in [1.82, 2.24) is 4.90 Å². The molecule has 0 saturated heterocycles. The predicted molar refractivity (Wildman–Crippen MR) is 77.1 cm³/mol. The predicted octanol–water partition coefficient (Wildman–Crippen LogP) is 2.60. The van der Waals surface area contributed by atoms with Gasteiger partial charge in [-0.2, -0.15) is 0 Å². The zero-order valence-electron chi connectivity index (χ0n) is 12.2. The molecule has 0 spiro atoms. The second-order valence-electron chi connectivity index (χ2n) is 5.23. The molecule has 0 aliphatic rings. The molecule has 0 saturated carbocycles. The summed E-state index contributed by atoms with van der Waals surface area (Å²) in [5, 5.41) is 0. The Bertz CT molecular complexity index is 377. The van der Waals surface area contributed by atoms with Gasteiger partial charge in [0.2, 0.25) is 0 Å². The van der Waals surface area contributed by atoms with Gasteiger partial charge in [0.15, 0.2) is 0 Å². The molecule has 0 fully saturated rings. The van der Waals surface area contributed by atoms with Crippen molar-refractivity contribution in [3.05, 3.63) is 29.3 Å². The Morgan fingerprint density at radius 3 is 2.44 bits per heavy atom. The Balaban J connectivity index is 2.89. The van der Waals surface area contributed by atoms with Crippen LogP contribution in [0.3, 0.4) is 0 Å². The smallest absolute Gasteiger partial charge is 0.123 e. The third-order valence-corrected chi connectivity index (χ3v) is 3.49. The Hall–Kier alpha value is -1.06. The minimum atomic E-state index is 0.375. The van der Waals surface area contributed by atoms with E-state index < -0.39 is 0 Å². The first-order valence-electron chi connectivity index (χ1n) is 6.56. The van der Waals surface area contributed by atoms with Crippen molar-refractivity contribution in [2.75, 3.05) is 20.7 Å². The molecule has 3 nitrogen and oxygen atoms in total. The third kappa shape index (κ3) is 3.72. The van der Waals surface area contributed by atoms with Crippen LogP contribution in [0.1, 0.15) is 37.8 Å². The molecule has 1 aromatic rings. The summed E-state index contributed by atoms with van der Waals surface area (Å²) in [5.41, 5.74) is 8.21. The highest BCUT2D eigenvalue weighted by Crippen LogP contribution is 2.25. The highest BCUT2D eigenvalue weighted by Gasteiger charge is 2.12. The van der Waals surface area contributed by atoms with Crippen LogP contribution in [0.15, 0.2) is 18.2 Å². The minimum absolute atomic E-state index is 0.375. The lowest BCUT2D eigenvalue weighted by atomic mass is 10.0. The van der Waals surface area contributed by atoms with Gasteiger partial charge in [-0.15, -0.1) is 0 Å². The fourth-order valence-electron chi connectivity index (χ4n) is 1.86. The molecule has 1 atom stereocenters.